The molecule has 0 bridgehead atoms. The van der Waals surface area contributed by atoms with Crippen molar-refractivity contribution in [3.05, 3.63) is 0 Å². The fourth-order valence-corrected chi connectivity index (χ4v) is 1.06. The van der Waals surface area contributed by atoms with E-state index in [1.54, 1.807) is 0 Å². The van der Waals surface area contributed by atoms with Gasteiger partial charge in [0.05, 0.1) is 0 Å². The highest BCUT2D eigenvalue weighted by Gasteiger charge is 2.36. The van der Waals surface area contributed by atoms with Crippen molar-refractivity contribution in [2.45, 2.75) is 58.3 Å². The van der Waals surface area contributed by atoms with Crippen LogP contribution in [-0.2, 0) is 4.79 Å². The van der Waals surface area contributed by atoms with Crippen molar-refractivity contribution >= 4 is 5.78 Å². The van der Waals surface area contributed by atoms with Crippen molar-refractivity contribution in [1.82, 2.24) is 0 Å². The highest BCUT2D eigenvalue weighted by Crippen LogP contribution is 2.24. The minimum absolute atomic E-state index is 0.0210. The number of carbonyl (C=O) groups excluding carboxylic acids is 1. The molecule has 0 radical (unpaired) electrons. The Bertz CT molecular complexity index is 155. The molecule has 0 saturated heterocycles. The van der Waals surface area contributed by atoms with Crippen LogP contribution in [0.3, 0.4) is 0 Å². The first-order chi connectivity index (χ1) is 6.04. The molecule has 78 valence electrons. The summed E-state index contributed by atoms with van der Waals surface area (Å²) in [5, 5.41) is 0. The number of rotatable bonds is 7. The van der Waals surface area contributed by atoms with Crippen molar-refractivity contribution < 1.29 is 13.6 Å². The lowest BCUT2D eigenvalue weighted by Crippen LogP contribution is -2.28. The van der Waals surface area contributed by atoms with Crippen LogP contribution in [0.5, 0.6) is 0 Å². The quantitative estimate of drug-likeness (QED) is 0.602. The summed E-state index contributed by atoms with van der Waals surface area (Å²) in [6.07, 6.45) is 2.22. The van der Waals surface area contributed by atoms with Crippen LogP contribution in [0, 0.1) is 0 Å². The van der Waals surface area contributed by atoms with E-state index < -0.39 is 11.7 Å². The number of Topliss-reactive ketones (excluding diaryl/α,β-unsaturated/α-hetero) is 1. The van der Waals surface area contributed by atoms with Gasteiger partial charge in [0.2, 0.25) is 5.78 Å². The lowest BCUT2D eigenvalue weighted by atomic mass is 10.0. The molecule has 0 fully saturated rings. The average molecular weight is 192 g/mol. The van der Waals surface area contributed by atoms with Crippen LogP contribution >= 0.6 is 0 Å². The van der Waals surface area contributed by atoms with Gasteiger partial charge in [0.15, 0.2) is 0 Å². The molecule has 0 aliphatic heterocycles. The van der Waals surface area contributed by atoms with Crippen LogP contribution < -0.4 is 0 Å². The predicted molar refractivity (Wildman–Crippen MR) is 49.0 cm³/mol. The maximum absolute atomic E-state index is 13.0. The molecule has 0 aromatic heterocycles. The molecule has 0 heterocycles. The molecule has 0 atom stereocenters. The third-order valence-corrected chi connectivity index (χ3v) is 2.01. The molecule has 0 aliphatic rings. The lowest BCUT2D eigenvalue weighted by molar-refractivity contribution is -0.144. The molecule has 1 nitrogen and oxygen atoms in total. The summed E-state index contributed by atoms with van der Waals surface area (Å²) in [7, 11) is 0. The van der Waals surface area contributed by atoms with Crippen molar-refractivity contribution in [1.29, 1.82) is 0 Å². The Morgan fingerprint density at radius 2 is 1.69 bits per heavy atom. The number of alkyl halides is 2. The van der Waals surface area contributed by atoms with E-state index in [0.717, 1.165) is 6.42 Å². The highest BCUT2D eigenvalue weighted by atomic mass is 19.3. The summed E-state index contributed by atoms with van der Waals surface area (Å²) in [5.41, 5.74) is 0. The molecule has 0 aromatic rings. The van der Waals surface area contributed by atoms with Crippen molar-refractivity contribution in [3.8, 4) is 0 Å². The Hall–Kier alpha value is -0.470. The smallest absolute Gasteiger partial charge is 0.293 e. The lowest BCUT2D eigenvalue weighted by Gasteiger charge is -2.13. The van der Waals surface area contributed by atoms with Gasteiger partial charge in [-0.15, -0.1) is 0 Å². The average Bonchev–Trinajstić information content (AvgIpc) is 2.10. The second-order valence-electron chi connectivity index (χ2n) is 3.33. The molecular weight excluding hydrogens is 174 g/mol. The van der Waals surface area contributed by atoms with E-state index in [4.69, 9.17) is 0 Å². The van der Waals surface area contributed by atoms with Gasteiger partial charge < -0.3 is 0 Å². The van der Waals surface area contributed by atoms with Crippen molar-refractivity contribution in [2.24, 2.45) is 0 Å². The third kappa shape index (κ3) is 4.96. The summed E-state index contributed by atoms with van der Waals surface area (Å²) < 4.78 is 26.0. The highest BCUT2D eigenvalue weighted by molar-refractivity contribution is 5.85. The van der Waals surface area contributed by atoms with E-state index in [1.165, 1.54) is 0 Å². The Labute approximate surface area is 78.5 Å². The van der Waals surface area contributed by atoms with Gasteiger partial charge in [-0.3, -0.25) is 4.79 Å². The number of unbranched alkanes of at least 4 members (excludes halogenated alkanes) is 2. The fourth-order valence-electron chi connectivity index (χ4n) is 1.06. The second-order valence-corrected chi connectivity index (χ2v) is 3.33. The summed E-state index contributed by atoms with van der Waals surface area (Å²) in [6, 6.07) is 0. The first-order valence-corrected chi connectivity index (χ1v) is 4.95. The molecule has 0 N–H and O–H groups in total. The molecule has 3 heteroatoms. The van der Waals surface area contributed by atoms with Crippen LogP contribution in [0.4, 0.5) is 8.78 Å². The van der Waals surface area contributed by atoms with Gasteiger partial charge in [-0.2, -0.15) is 8.78 Å². The normalized spacial score (nSPS) is 11.7. The van der Waals surface area contributed by atoms with E-state index in [2.05, 4.69) is 0 Å². The van der Waals surface area contributed by atoms with Crippen LogP contribution in [0.1, 0.15) is 52.4 Å². The number of carbonyl (C=O) groups is 1. The fraction of sp³-hybridized carbons (Fsp3) is 0.900. The number of ketones is 1. The topological polar surface area (TPSA) is 17.1 Å². The standard InChI is InChI=1S/C10H18F2O/c1-3-5-7-9(13)10(11,12)8-6-4-2/h3-8H2,1-2H3. The number of halogens is 2. The maximum atomic E-state index is 13.0. The Balaban J connectivity index is 3.87. The van der Waals surface area contributed by atoms with E-state index in [1.807, 2.05) is 13.8 Å². The van der Waals surface area contributed by atoms with Crippen molar-refractivity contribution in [3.63, 3.8) is 0 Å². The molecule has 0 saturated carbocycles. The van der Waals surface area contributed by atoms with Gasteiger partial charge in [-0.25, -0.2) is 0 Å². The molecule has 0 rings (SSSR count). The molecular formula is C10H18F2O. The van der Waals surface area contributed by atoms with Gasteiger partial charge in [-0.1, -0.05) is 26.7 Å². The molecule has 0 unspecified atom stereocenters. The van der Waals surface area contributed by atoms with Crippen LogP contribution in [-0.4, -0.2) is 11.7 Å². The first-order valence-electron chi connectivity index (χ1n) is 4.95. The van der Waals surface area contributed by atoms with Gasteiger partial charge in [0, 0.05) is 12.8 Å². The molecule has 0 amide bonds. The van der Waals surface area contributed by atoms with Gasteiger partial charge in [0.1, 0.15) is 0 Å². The third-order valence-electron chi connectivity index (χ3n) is 2.01. The van der Waals surface area contributed by atoms with Crippen LogP contribution in [0.15, 0.2) is 0 Å². The minimum Gasteiger partial charge on any atom is -0.293 e. The SMILES string of the molecule is CCCCC(=O)C(F)(F)CCCC. The maximum Gasteiger partial charge on any atom is 0.305 e. The second kappa shape index (κ2) is 6.06. The molecule has 13 heavy (non-hydrogen) atoms. The zero-order valence-corrected chi connectivity index (χ0v) is 8.41. The number of hydrogen-bond donors (Lipinski definition) is 0. The zero-order valence-electron chi connectivity index (χ0n) is 8.41. The Morgan fingerprint density at radius 3 is 2.15 bits per heavy atom. The predicted octanol–water partition coefficient (Wildman–Crippen LogP) is 3.57. The summed E-state index contributed by atoms with van der Waals surface area (Å²) >= 11 is 0. The monoisotopic (exact) mass is 192 g/mol. The van der Waals surface area contributed by atoms with E-state index >= 15 is 0 Å². The molecule has 0 aromatic carbocycles. The van der Waals surface area contributed by atoms with Gasteiger partial charge in [0.25, 0.3) is 0 Å². The Morgan fingerprint density at radius 1 is 1.15 bits per heavy atom. The Kier molecular flexibility index (Phi) is 5.84. The summed E-state index contributed by atoms with van der Waals surface area (Å²) in [6.45, 7) is 3.73. The van der Waals surface area contributed by atoms with E-state index in [0.29, 0.717) is 19.3 Å². The largest absolute Gasteiger partial charge is 0.305 e. The zero-order chi connectivity index (χ0) is 10.3. The van der Waals surface area contributed by atoms with Gasteiger partial charge >= 0.3 is 5.92 Å². The van der Waals surface area contributed by atoms with E-state index in [9.17, 15) is 13.6 Å². The summed E-state index contributed by atoms with van der Waals surface area (Å²) in [4.78, 5) is 11.0. The van der Waals surface area contributed by atoms with Gasteiger partial charge in [-0.05, 0) is 12.8 Å². The minimum atomic E-state index is -3.08. The van der Waals surface area contributed by atoms with Crippen LogP contribution in [0.2, 0.25) is 0 Å². The molecule has 0 spiro atoms. The van der Waals surface area contributed by atoms with Crippen molar-refractivity contribution in [2.75, 3.05) is 0 Å². The number of hydrogen-bond acceptors (Lipinski definition) is 1. The first kappa shape index (κ1) is 12.5. The van der Waals surface area contributed by atoms with Crippen LogP contribution in [0.25, 0.3) is 0 Å². The van der Waals surface area contributed by atoms with E-state index in [-0.39, 0.29) is 12.8 Å². The molecule has 0 aliphatic carbocycles. The summed E-state index contributed by atoms with van der Waals surface area (Å²) in [5.74, 6) is -3.96.